The van der Waals surface area contributed by atoms with Gasteiger partial charge in [0.05, 0.1) is 6.10 Å². The zero-order valence-corrected chi connectivity index (χ0v) is 11.1. The predicted octanol–water partition coefficient (Wildman–Crippen LogP) is 3.53. The summed E-state index contributed by atoms with van der Waals surface area (Å²) in [6.45, 7) is 0. The second kappa shape index (κ2) is 6.45. The van der Waals surface area contributed by atoms with Gasteiger partial charge in [0.2, 0.25) is 0 Å². The molecule has 21 heavy (non-hydrogen) atoms. The lowest BCUT2D eigenvalue weighted by Crippen LogP contribution is -2.02. The van der Waals surface area contributed by atoms with Gasteiger partial charge < -0.3 is 10.2 Å². The molecule has 0 saturated heterocycles. The van der Waals surface area contributed by atoms with Crippen LogP contribution in [0, 0.1) is 11.6 Å². The van der Waals surface area contributed by atoms with Crippen LogP contribution in [0.4, 0.5) is 8.78 Å². The van der Waals surface area contributed by atoms with Crippen molar-refractivity contribution in [3.63, 3.8) is 0 Å². The molecule has 0 saturated carbocycles. The molecule has 0 aliphatic carbocycles. The largest absolute Gasteiger partial charge is 0.481 e. The lowest BCUT2D eigenvalue weighted by molar-refractivity contribution is -0.137. The molecule has 0 radical (unpaired) electrons. The van der Waals surface area contributed by atoms with Gasteiger partial charge in [-0.2, -0.15) is 0 Å². The Kier molecular flexibility index (Phi) is 4.65. The van der Waals surface area contributed by atoms with E-state index in [1.54, 1.807) is 24.3 Å². The highest BCUT2D eigenvalue weighted by Gasteiger charge is 2.10. The van der Waals surface area contributed by atoms with Gasteiger partial charge in [0.15, 0.2) is 11.6 Å². The molecule has 2 aromatic rings. The molecule has 110 valence electrons. The molecule has 0 fully saturated rings. The zero-order valence-electron chi connectivity index (χ0n) is 11.1. The van der Waals surface area contributed by atoms with Crippen LogP contribution in [0.1, 0.15) is 24.5 Å². The van der Waals surface area contributed by atoms with Crippen LogP contribution >= 0.6 is 0 Å². The number of carboxylic acids is 1. The number of aliphatic carboxylic acids is 1. The molecule has 0 amide bonds. The first kappa shape index (κ1) is 15.1. The van der Waals surface area contributed by atoms with E-state index in [4.69, 9.17) is 5.11 Å². The molecule has 0 heterocycles. The van der Waals surface area contributed by atoms with Crippen LogP contribution in [0.3, 0.4) is 0 Å². The lowest BCUT2D eigenvalue weighted by atomic mass is 10.00. The van der Waals surface area contributed by atoms with Crippen LogP contribution in [0.2, 0.25) is 0 Å². The van der Waals surface area contributed by atoms with Crippen LogP contribution in [-0.4, -0.2) is 16.2 Å². The molecule has 0 aliphatic rings. The van der Waals surface area contributed by atoms with E-state index in [0.717, 1.165) is 12.1 Å². The Bertz CT molecular complexity index is 638. The molecule has 2 N–H and O–H groups in total. The summed E-state index contributed by atoms with van der Waals surface area (Å²) in [6, 6.07) is 10.3. The van der Waals surface area contributed by atoms with Crippen molar-refractivity contribution in [2.24, 2.45) is 0 Å². The molecule has 5 heteroatoms. The molecule has 0 aliphatic heterocycles. The number of carboxylic acid groups (broad SMARTS) is 1. The van der Waals surface area contributed by atoms with Crippen molar-refractivity contribution in [2.75, 3.05) is 0 Å². The van der Waals surface area contributed by atoms with Crippen molar-refractivity contribution in [2.45, 2.75) is 18.9 Å². The van der Waals surface area contributed by atoms with Gasteiger partial charge in [0.25, 0.3) is 0 Å². The quantitative estimate of drug-likeness (QED) is 0.886. The van der Waals surface area contributed by atoms with Gasteiger partial charge in [0.1, 0.15) is 0 Å². The third-order valence-electron chi connectivity index (χ3n) is 3.18. The number of aliphatic hydroxyl groups excluding tert-OH is 1. The molecule has 0 spiro atoms. The maximum atomic E-state index is 13.2. The third-order valence-corrected chi connectivity index (χ3v) is 3.18. The first-order chi connectivity index (χ1) is 9.97. The van der Waals surface area contributed by atoms with Crippen molar-refractivity contribution in [3.8, 4) is 11.1 Å². The van der Waals surface area contributed by atoms with Gasteiger partial charge >= 0.3 is 5.97 Å². The fraction of sp³-hybridized carbons (Fsp3) is 0.188. The average molecular weight is 292 g/mol. The summed E-state index contributed by atoms with van der Waals surface area (Å²) in [4.78, 5) is 10.5. The van der Waals surface area contributed by atoms with Crippen molar-refractivity contribution in [1.82, 2.24) is 0 Å². The molecule has 3 nitrogen and oxygen atoms in total. The van der Waals surface area contributed by atoms with Gasteiger partial charge in [-0.05, 0) is 35.2 Å². The lowest BCUT2D eigenvalue weighted by Gasteiger charge is -2.10. The fourth-order valence-electron chi connectivity index (χ4n) is 2.00. The van der Waals surface area contributed by atoms with E-state index < -0.39 is 23.7 Å². The molecule has 1 unspecified atom stereocenters. The monoisotopic (exact) mass is 292 g/mol. The average Bonchev–Trinajstić information content (AvgIpc) is 2.48. The second-order valence-corrected chi connectivity index (χ2v) is 4.70. The molecule has 2 rings (SSSR count). The van der Waals surface area contributed by atoms with Gasteiger partial charge in [-0.1, -0.05) is 30.3 Å². The first-order valence-electron chi connectivity index (χ1n) is 6.42. The van der Waals surface area contributed by atoms with Gasteiger partial charge in [-0.3, -0.25) is 4.79 Å². The number of hydrogen-bond acceptors (Lipinski definition) is 2. The molecular formula is C16H14F2O3. The standard InChI is InChI=1S/C16H14F2O3/c17-13-6-5-12(9-14(13)18)10-1-3-11(4-2-10)15(19)7-8-16(20)21/h1-6,9,15,19H,7-8H2,(H,20,21). The minimum atomic E-state index is -0.965. The van der Waals surface area contributed by atoms with Crippen molar-refractivity contribution in [3.05, 3.63) is 59.7 Å². The van der Waals surface area contributed by atoms with Crippen molar-refractivity contribution < 1.29 is 23.8 Å². The summed E-state index contributed by atoms with van der Waals surface area (Å²) < 4.78 is 26.1. The Labute approximate surface area is 120 Å². The van der Waals surface area contributed by atoms with E-state index in [1.165, 1.54) is 6.07 Å². The normalized spacial score (nSPS) is 12.1. The number of hydrogen-bond donors (Lipinski definition) is 2. The molecule has 2 aromatic carbocycles. The molecule has 0 aromatic heterocycles. The number of carbonyl (C=O) groups is 1. The van der Waals surface area contributed by atoms with E-state index in [0.29, 0.717) is 16.7 Å². The van der Waals surface area contributed by atoms with Crippen molar-refractivity contribution in [1.29, 1.82) is 0 Å². The summed E-state index contributed by atoms with van der Waals surface area (Å²) in [5, 5.41) is 18.4. The zero-order chi connectivity index (χ0) is 15.4. The van der Waals surface area contributed by atoms with Gasteiger partial charge in [-0.15, -0.1) is 0 Å². The predicted molar refractivity (Wildman–Crippen MR) is 73.6 cm³/mol. The molecule has 1 atom stereocenters. The Morgan fingerprint density at radius 3 is 2.19 bits per heavy atom. The summed E-state index contributed by atoms with van der Waals surface area (Å²) in [5.41, 5.74) is 1.80. The van der Waals surface area contributed by atoms with E-state index in [1.807, 2.05) is 0 Å². The second-order valence-electron chi connectivity index (χ2n) is 4.70. The van der Waals surface area contributed by atoms with Crippen LogP contribution < -0.4 is 0 Å². The highest BCUT2D eigenvalue weighted by atomic mass is 19.2. The third kappa shape index (κ3) is 3.86. The van der Waals surface area contributed by atoms with Crippen LogP contribution in [-0.2, 0) is 4.79 Å². The van der Waals surface area contributed by atoms with Crippen LogP contribution in [0.25, 0.3) is 11.1 Å². The minimum absolute atomic E-state index is 0.119. The number of halogens is 2. The Hall–Kier alpha value is -2.27. The Morgan fingerprint density at radius 2 is 1.62 bits per heavy atom. The van der Waals surface area contributed by atoms with Gasteiger partial charge in [-0.25, -0.2) is 8.78 Å². The van der Waals surface area contributed by atoms with Crippen molar-refractivity contribution >= 4 is 5.97 Å². The van der Waals surface area contributed by atoms with Crippen LogP contribution in [0.5, 0.6) is 0 Å². The molecule has 0 bridgehead atoms. The maximum absolute atomic E-state index is 13.2. The van der Waals surface area contributed by atoms with E-state index in [-0.39, 0.29) is 12.8 Å². The highest BCUT2D eigenvalue weighted by Crippen LogP contribution is 2.25. The summed E-state index contributed by atoms with van der Waals surface area (Å²) in [5.74, 6) is -2.79. The highest BCUT2D eigenvalue weighted by molar-refractivity contribution is 5.67. The van der Waals surface area contributed by atoms with E-state index in [2.05, 4.69) is 0 Å². The summed E-state index contributed by atoms with van der Waals surface area (Å²) >= 11 is 0. The first-order valence-corrected chi connectivity index (χ1v) is 6.42. The number of rotatable bonds is 5. The molecular weight excluding hydrogens is 278 g/mol. The van der Waals surface area contributed by atoms with E-state index in [9.17, 15) is 18.7 Å². The SMILES string of the molecule is O=C(O)CCC(O)c1ccc(-c2ccc(F)c(F)c2)cc1. The topological polar surface area (TPSA) is 57.5 Å². The summed E-state index contributed by atoms with van der Waals surface area (Å²) in [6.07, 6.45) is -0.855. The number of benzene rings is 2. The number of aliphatic hydroxyl groups is 1. The maximum Gasteiger partial charge on any atom is 0.303 e. The van der Waals surface area contributed by atoms with Gasteiger partial charge in [0, 0.05) is 6.42 Å². The minimum Gasteiger partial charge on any atom is -0.481 e. The Morgan fingerprint density at radius 1 is 1.00 bits per heavy atom. The van der Waals surface area contributed by atoms with Crippen LogP contribution in [0.15, 0.2) is 42.5 Å². The Balaban J connectivity index is 2.14. The smallest absolute Gasteiger partial charge is 0.303 e. The summed E-state index contributed by atoms with van der Waals surface area (Å²) in [7, 11) is 0. The van der Waals surface area contributed by atoms with E-state index >= 15 is 0 Å². The fourth-order valence-corrected chi connectivity index (χ4v) is 2.00.